The number of benzene rings is 3. The molecule has 1 atom stereocenters. The molecule has 44 heavy (non-hydrogen) atoms. The fourth-order valence-corrected chi connectivity index (χ4v) is 5.11. The van der Waals surface area contributed by atoms with Crippen molar-refractivity contribution in [1.82, 2.24) is 9.55 Å². The lowest BCUT2D eigenvalue weighted by atomic mass is 10.0. The lowest BCUT2D eigenvalue weighted by Crippen LogP contribution is -2.24. The Morgan fingerprint density at radius 1 is 0.909 bits per heavy atom. The zero-order chi connectivity index (χ0) is 31.1. The zero-order valence-corrected chi connectivity index (χ0v) is 26.5. The smallest absolute Gasteiger partial charge is 0.350 e. The molecule has 10 heteroatoms. The molecule has 0 saturated carbocycles. The van der Waals surface area contributed by atoms with E-state index in [4.69, 9.17) is 24.0 Å². The topological polar surface area (TPSA) is 101 Å². The molecule has 2 heterocycles. The van der Waals surface area contributed by atoms with Crippen LogP contribution in [0.1, 0.15) is 38.7 Å². The molecule has 1 aliphatic heterocycles. The van der Waals surface area contributed by atoms with Gasteiger partial charge in [-0.15, -0.1) is 0 Å². The number of carbonyl (C=O) groups is 2. The van der Waals surface area contributed by atoms with E-state index in [1.807, 2.05) is 74.6 Å². The van der Waals surface area contributed by atoms with Gasteiger partial charge in [0.25, 0.3) is 0 Å². The van der Waals surface area contributed by atoms with Crippen LogP contribution in [0, 0.1) is 0 Å². The summed E-state index contributed by atoms with van der Waals surface area (Å²) in [7, 11) is 2.00. The lowest BCUT2D eigenvalue weighted by molar-refractivity contribution is -0.155. The second kappa shape index (κ2) is 14.4. The van der Waals surface area contributed by atoms with Crippen molar-refractivity contribution in [3.8, 4) is 39.7 Å². The molecular weight excluding hydrogens is 626 g/mol. The Morgan fingerprint density at radius 3 is 2.25 bits per heavy atom. The Balaban J connectivity index is 1.39. The number of carbonyl (C=O) groups excluding carboxylic acids is 2. The molecule has 1 unspecified atom stereocenters. The van der Waals surface area contributed by atoms with Crippen LogP contribution in [-0.2, 0) is 30.9 Å². The van der Waals surface area contributed by atoms with Gasteiger partial charge in [-0.25, -0.2) is 14.6 Å². The maximum Gasteiger partial charge on any atom is 0.350 e. The maximum absolute atomic E-state index is 12.3. The highest BCUT2D eigenvalue weighted by Crippen LogP contribution is 2.36. The average molecular weight is 661 g/mol. The highest BCUT2D eigenvalue weighted by atomic mass is 79.9. The Labute approximate surface area is 264 Å². The number of oxime groups is 1. The van der Waals surface area contributed by atoms with Crippen molar-refractivity contribution in [3.63, 3.8) is 0 Å². The molecule has 3 aromatic carbocycles. The molecular formula is C34H34BrN3O6. The van der Waals surface area contributed by atoms with E-state index >= 15 is 0 Å². The van der Waals surface area contributed by atoms with Crippen molar-refractivity contribution >= 4 is 33.6 Å². The fourth-order valence-electron chi connectivity index (χ4n) is 4.85. The largest absolute Gasteiger partial charge is 0.482 e. The van der Waals surface area contributed by atoms with Crippen molar-refractivity contribution in [2.24, 2.45) is 12.2 Å². The highest BCUT2D eigenvalue weighted by Gasteiger charge is 2.30. The van der Waals surface area contributed by atoms with Gasteiger partial charge in [0.15, 0.2) is 6.61 Å². The number of imidazole rings is 1. The predicted octanol–water partition coefficient (Wildman–Crippen LogP) is 6.96. The maximum atomic E-state index is 12.3. The molecule has 4 aromatic rings. The molecule has 0 spiro atoms. The van der Waals surface area contributed by atoms with Crippen LogP contribution in [0.25, 0.3) is 33.9 Å². The number of halogens is 1. The molecule has 5 rings (SSSR count). The summed E-state index contributed by atoms with van der Waals surface area (Å²) in [4.78, 5) is 34.5. The van der Waals surface area contributed by atoms with Gasteiger partial charge in [-0.1, -0.05) is 70.8 Å². The second-order valence-corrected chi connectivity index (χ2v) is 11.2. The normalized spacial score (nSPS) is 14.1. The van der Waals surface area contributed by atoms with Gasteiger partial charge < -0.3 is 23.6 Å². The molecule has 228 valence electrons. The molecule has 0 bridgehead atoms. The van der Waals surface area contributed by atoms with E-state index < -0.39 is 12.1 Å². The average Bonchev–Trinajstić information content (AvgIpc) is 3.67. The second-order valence-electron chi connectivity index (χ2n) is 10.3. The highest BCUT2D eigenvalue weighted by molar-refractivity contribution is 9.10. The van der Waals surface area contributed by atoms with Crippen LogP contribution >= 0.6 is 15.9 Å². The van der Waals surface area contributed by atoms with Gasteiger partial charge in [0.2, 0.25) is 6.10 Å². The van der Waals surface area contributed by atoms with E-state index in [9.17, 15) is 9.59 Å². The standard InChI is InChI=1S/C34H34BrN3O6/c1-4-6-19-42-34(40)29-20-28(37-44-29)22-7-9-25(10-8-22)33-36-31(32(38(33)3)24-11-15-26(35)16-12-24)23-13-17-27(18-14-23)43-21-30(39)41-5-2/h7-18,29H,4-6,19-21H2,1-3H3. The van der Waals surface area contributed by atoms with E-state index in [1.54, 1.807) is 6.92 Å². The molecule has 0 radical (unpaired) electrons. The van der Waals surface area contributed by atoms with Crippen LogP contribution in [0.3, 0.4) is 0 Å². The molecule has 0 N–H and O–H groups in total. The van der Waals surface area contributed by atoms with E-state index in [0.717, 1.165) is 56.8 Å². The van der Waals surface area contributed by atoms with Crippen molar-refractivity contribution in [2.45, 2.75) is 39.2 Å². The van der Waals surface area contributed by atoms with Gasteiger partial charge in [-0.05, 0) is 55.3 Å². The van der Waals surface area contributed by atoms with Crippen molar-refractivity contribution < 1.29 is 28.6 Å². The van der Waals surface area contributed by atoms with E-state index in [-0.39, 0.29) is 12.6 Å². The number of hydrogen-bond donors (Lipinski definition) is 0. The van der Waals surface area contributed by atoms with Crippen molar-refractivity contribution in [3.05, 3.63) is 82.8 Å². The first kappa shape index (κ1) is 31.0. The van der Waals surface area contributed by atoms with Crippen molar-refractivity contribution in [2.75, 3.05) is 19.8 Å². The Bertz CT molecular complexity index is 1630. The molecule has 0 fully saturated rings. The van der Waals surface area contributed by atoms with Gasteiger partial charge in [0, 0.05) is 34.6 Å². The molecule has 0 amide bonds. The summed E-state index contributed by atoms with van der Waals surface area (Å²) in [6.45, 7) is 4.35. The van der Waals surface area contributed by atoms with Crippen LogP contribution < -0.4 is 4.74 Å². The van der Waals surface area contributed by atoms with Gasteiger partial charge >= 0.3 is 11.9 Å². The number of nitrogens with zero attached hydrogens (tertiary/aromatic N) is 3. The number of aromatic nitrogens is 2. The number of hydrogen-bond acceptors (Lipinski definition) is 8. The quantitative estimate of drug-likeness (QED) is 0.120. The van der Waals surface area contributed by atoms with E-state index in [0.29, 0.717) is 31.1 Å². The Morgan fingerprint density at radius 2 is 1.57 bits per heavy atom. The molecule has 1 aromatic heterocycles. The van der Waals surface area contributed by atoms with Gasteiger partial charge in [0.05, 0.1) is 30.3 Å². The minimum absolute atomic E-state index is 0.149. The third kappa shape index (κ3) is 7.19. The van der Waals surface area contributed by atoms with Gasteiger partial charge in [-0.2, -0.15) is 0 Å². The summed E-state index contributed by atoms with van der Waals surface area (Å²) in [5, 5.41) is 4.16. The number of rotatable bonds is 12. The van der Waals surface area contributed by atoms with Crippen LogP contribution in [0.15, 0.2) is 82.4 Å². The van der Waals surface area contributed by atoms with Crippen LogP contribution in [0.4, 0.5) is 0 Å². The third-order valence-corrected chi connectivity index (χ3v) is 7.68. The first-order valence-electron chi connectivity index (χ1n) is 14.6. The minimum Gasteiger partial charge on any atom is -0.482 e. The summed E-state index contributed by atoms with van der Waals surface area (Å²) in [5.41, 5.74) is 6.18. The first-order valence-corrected chi connectivity index (χ1v) is 15.4. The predicted molar refractivity (Wildman–Crippen MR) is 171 cm³/mol. The molecule has 0 saturated heterocycles. The monoisotopic (exact) mass is 659 g/mol. The summed E-state index contributed by atoms with van der Waals surface area (Å²) in [6, 6.07) is 23.5. The molecule has 1 aliphatic rings. The van der Waals surface area contributed by atoms with E-state index in [2.05, 4.69) is 37.8 Å². The van der Waals surface area contributed by atoms with Crippen LogP contribution in [-0.4, -0.2) is 53.1 Å². The molecule has 0 aliphatic carbocycles. The summed E-state index contributed by atoms with van der Waals surface area (Å²) < 4.78 is 18.9. The van der Waals surface area contributed by atoms with Gasteiger partial charge in [0.1, 0.15) is 11.6 Å². The fraction of sp³-hybridized carbons (Fsp3) is 0.294. The minimum atomic E-state index is -0.714. The molecule has 9 nitrogen and oxygen atoms in total. The first-order chi connectivity index (χ1) is 21.4. The van der Waals surface area contributed by atoms with Gasteiger partial charge in [-0.3, -0.25) is 0 Å². The Kier molecular flexibility index (Phi) is 10.1. The lowest BCUT2D eigenvalue weighted by Gasteiger charge is -2.10. The van der Waals surface area contributed by atoms with Crippen LogP contribution in [0.2, 0.25) is 0 Å². The summed E-state index contributed by atoms with van der Waals surface area (Å²) in [5.74, 6) is 0.559. The SMILES string of the molecule is CCCCOC(=O)C1CC(c2ccc(-c3nc(-c4ccc(OCC(=O)OCC)cc4)c(-c4ccc(Br)cc4)n3C)cc2)=NO1. The van der Waals surface area contributed by atoms with Crippen LogP contribution in [0.5, 0.6) is 5.75 Å². The number of unbranched alkanes of at least 4 members (excludes halogenated alkanes) is 1. The number of esters is 2. The Hall–Kier alpha value is -4.44. The summed E-state index contributed by atoms with van der Waals surface area (Å²) in [6.07, 6.45) is 1.43. The van der Waals surface area contributed by atoms with Crippen molar-refractivity contribution in [1.29, 1.82) is 0 Å². The van der Waals surface area contributed by atoms with E-state index in [1.165, 1.54) is 0 Å². The zero-order valence-electron chi connectivity index (χ0n) is 24.9. The number of ether oxygens (including phenoxy) is 3. The third-order valence-electron chi connectivity index (χ3n) is 7.15. The summed E-state index contributed by atoms with van der Waals surface area (Å²) >= 11 is 3.53.